The molecule has 0 amide bonds. The summed E-state index contributed by atoms with van der Waals surface area (Å²) in [5, 5.41) is 6.96. The summed E-state index contributed by atoms with van der Waals surface area (Å²) in [5.74, 6) is 0. The number of aryl methyl sites for hydroxylation is 1. The summed E-state index contributed by atoms with van der Waals surface area (Å²) in [7, 11) is 0. The summed E-state index contributed by atoms with van der Waals surface area (Å²) in [4.78, 5) is 0. The van der Waals surface area contributed by atoms with Crippen LogP contribution in [0, 0.1) is 6.92 Å². The third kappa shape index (κ3) is 2.00. The standard InChI is InChI=1S/C10H10N2Se/c1-8-10(7-11-12-8)13-9-5-3-2-4-6-9/h2-7H,1H3,(H,11,12). The van der Waals surface area contributed by atoms with Gasteiger partial charge in [-0.05, 0) is 0 Å². The Labute approximate surface area is 83.5 Å². The summed E-state index contributed by atoms with van der Waals surface area (Å²) in [6.45, 7) is 2.06. The average molecular weight is 237 g/mol. The second-order valence-corrected chi connectivity index (χ2v) is 5.11. The van der Waals surface area contributed by atoms with Gasteiger partial charge in [0.25, 0.3) is 0 Å². The van der Waals surface area contributed by atoms with Crippen molar-refractivity contribution in [2.75, 3.05) is 0 Å². The van der Waals surface area contributed by atoms with Crippen molar-refractivity contribution >= 4 is 23.9 Å². The molecule has 2 rings (SSSR count). The number of benzene rings is 1. The fourth-order valence-electron chi connectivity index (χ4n) is 1.06. The van der Waals surface area contributed by atoms with E-state index in [2.05, 4.69) is 41.4 Å². The molecule has 2 aromatic rings. The van der Waals surface area contributed by atoms with Gasteiger partial charge in [0.2, 0.25) is 0 Å². The van der Waals surface area contributed by atoms with Gasteiger partial charge in [0.1, 0.15) is 0 Å². The number of hydrogen-bond acceptors (Lipinski definition) is 1. The molecule has 0 unspecified atom stereocenters. The first kappa shape index (κ1) is 8.54. The third-order valence-electron chi connectivity index (χ3n) is 1.75. The van der Waals surface area contributed by atoms with E-state index in [4.69, 9.17) is 0 Å². The molecule has 0 saturated heterocycles. The Morgan fingerprint density at radius 1 is 1.23 bits per heavy atom. The van der Waals surface area contributed by atoms with Crippen molar-refractivity contribution in [2.24, 2.45) is 0 Å². The summed E-state index contributed by atoms with van der Waals surface area (Å²) < 4.78 is 2.72. The van der Waals surface area contributed by atoms with E-state index in [1.54, 1.807) is 0 Å². The van der Waals surface area contributed by atoms with Gasteiger partial charge in [-0.3, -0.25) is 0 Å². The monoisotopic (exact) mass is 238 g/mol. The average Bonchev–Trinajstić information content (AvgIpc) is 2.54. The Balaban J connectivity index is 2.20. The van der Waals surface area contributed by atoms with Gasteiger partial charge in [0.05, 0.1) is 0 Å². The molecule has 0 spiro atoms. The SMILES string of the molecule is Cc1[nH]ncc1[Se]c1ccccc1. The molecule has 0 saturated carbocycles. The number of rotatable bonds is 2. The van der Waals surface area contributed by atoms with E-state index in [9.17, 15) is 0 Å². The van der Waals surface area contributed by atoms with E-state index in [0.717, 1.165) is 0 Å². The predicted molar refractivity (Wildman–Crippen MR) is 54.8 cm³/mol. The second kappa shape index (κ2) is 3.77. The van der Waals surface area contributed by atoms with Crippen LogP contribution in [0.3, 0.4) is 0 Å². The van der Waals surface area contributed by atoms with Crippen molar-refractivity contribution in [1.82, 2.24) is 10.2 Å². The predicted octanol–water partition coefficient (Wildman–Crippen LogP) is 0.373. The number of nitrogens with zero attached hydrogens (tertiary/aromatic N) is 1. The topological polar surface area (TPSA) is 28.7 Å². The maximum atomic E-state index is 4.01. The molecule has 0 aliphatic rings. The molecule has 0 atom stereocenters. The van der Waals surface area contributed by atoms with Crippen LogP contribution in [0.4, 0.5) is 0 Å². The molecule has 0 radical (unpaired) electrons. The van der Waals surface area contributed by atoms with Gasteiger partial charge in [0, 0.05) is 0 Å². The van der Waals surface area contributed by atoms with E-state index < -0.39 is 0 Å². The summed E-state index contributed by atoms with van der Waals surface area (Å²) in [6.07, 6.45) is 1.92. The first-order valence-electron chi connectivity index (χ1n) is 4.09. The zero-order chi connectivity index (χ0) is 9.10. The molecule has 0 aliphatic heterocycles. The minimum absolute atomic E-state index is 0.387. The Hall–Kier alpha value is -1.05. The van der Waals surface area contributed by atoms with Crippen molar-refractivity contribution in [1.29, 1.82) is 0 Å². The first-order valence-corrected chi connectivity index (χ1v) is 5.80. The van der Waals surface area contributed by atoms with Gasteiger partial charge < -0.3 is 0 Å². The molecule has 0 fully saturated rings. The molecule has 2 nitrogen and oxygen atoms in total. The van der Waals surface area contributed by atoms with E-state index in [1.807, 2.05) is 12.3 Å². The van der Waals surface area contributed by atoms with Gasteiger partial charge >= 0.3 is 83.2 Å². The summed E-state index contributed by atoms with van der Waals surface area (Å²) >= 11 is 0.387. The molecular weight excluding hydrogens is 227 g/mol. The Bertz CT molecular complexity index is 381. The van der Waals surface area contributed by atoms with E-state index >= 15 is 0 Å². The quantitative estimate of drug-likeness (QED) is 0.751. The number of aromatic nitrogens is 2. The zero-order valence-corrected chi connectivity index (χ0v) is 9.03. The molecule has 1 N–H and O–H groups in total. The van der Waals surface area contributed by atoms with Crippen LogP contribution in [-0.2, 0) is 0 Å². The van der Waals surface area contributed by atoms with Gasteiger partial charge in [-0.25, -0.2) is 0 Å². The van der Waals surface area contributed by atoms with E-state index in [-0.39, 0.29) is 0 Å². The van der Waals surface area contributed by atoms with Crippen molar-refractivity contribution in [3.8, 4) is 0 Å². The van der Waals surface area contributed by atoms with Gasteiger partial charge in [0.15, 0.2) is 0 Å². The van der Waals surface area contributed by atoms with Gasteiger partial charge in [-0.1, -0.05) is 0 Å². The van der Waals surface area contributed by atoms with Crippen molar-refractivity contribution in [3.63, 3.8) is 0 Å². The molecule has 0 aliphatic carbocycles. The molecule has 0 bridgehead atoms. The fraction of sp³-hybridized carbons (Fsp3) is 0.100. The van der Waals surface area contributed by atoms with E-state index in [1.165, 1.54) is 14.6 Å². The van der Waals surface area contributed by atoms with Crippen LogP contribution < -0.4 is 8.92 Å². The molecule has 1 heterocycles. The van der Waals surface area contributed by atoms with Crippen LogP contribution in [-0.4, -0.2) is 25.2 Å². The molecule has 3 heteroatoms. The number of nitrogens with one attached hydrogen (secondary N) is 1. The molecule has 1 aromatic carbocycles. The molecular formula is C10H10N2Se. The molecule has 13 heavy (non-hydrogen) atoms. The Morgan fingerprint density at radius 2 is 2.00 bits per heavy atom. The summed E-state index contributed by atoms with van der Waals surface area (Å²) in [5.41, 5.74) is 1.18. The third-order valence-corrected chi connectivity index (χ3v) is 4.15. The Kier molecular flexibility index (Phi) is 2.48. The molecule has 66 valence electrons. The van der Waals surface area contributed by atoms with Gasteiger partial charge in [-0.15, -0.1) is 0 Å². The Morgan fingerprint density at radius 3 is 2.62 bits per heavy atom. The van der Waals surface area contributed by atoms with E-state index in [0.29, 0.717) is 15.0 Å². The van der Waals surface area contributed by atoms with Crippen LogP contribution in [0.15, 0.2) is 36.5 Å². The van der Waals surface area contributed by atoms with Crippen molar-refractivity contribution in [3.05, 3.63) is 42.2 Å². The van der Waals surface area contributed by atoms with Crippen molar-refractivity contribution < 1.29 is 0 Å². The van der Waals surface area contributed by atoms with Crippen LogP contribution in [0.25, 0.3) is 0 Å². The second-order valence-electron chi connectivity index (χ2n) is 2.77. The first-order chi connectivity index (χ1) is 6.36. The molecule has 1 aromatic heterocycles. The maximum absolute atomic E-state index is 4.01. The van der Waals surface area contributed by atoms with Crippen LogP contribution in [0.2, 0.25) is 0 Å². The van der Waals surface area contributed by atoms with Crippen LogP contribution >= 0.6 is 0 Å². The number of aromatic amines is 1. The number of H-pyrrole nitrogens is 1. The zero-order valence-electron chi connectivity index (χ0n) is 7.32. The van der Waals surface area contributed by atoms with Crippen LogP contribution in [0.5, 0.6) is 0 Å². The minimum atomic E-state index is 0.387. The van der Waals surface area contributed by atoms with Gasteiger partial charge in [-0.2, -0.15) is 0 Å². The fourth-order valence-corrected chi connectivity index (χ4v) is 2.84. The van der Waals surface area contributed by atoms with Crippen molar-refractivity contribution in [2.45, 2.75) is 6.92 Å². The normalized spacial score (nSPS) is 10.2. The summed E-state index contributed by atoms with van der Waals surface area (Å²) in [6, 6.07) is 10.5. The van der Waals surface area contributed by atoms with Crippen LogP contribution in [0.1, 0.15) is 5.69 Å². The number of hydrogen-bond donors (Lipinski definition) is 1.